The molecule has 0 aromatic carbocycles. The Labute approximate surface area is 115 Å². The minimum absolute atomic E-state index is 0.222. The molecule has 2 aliphatic heterocycles. The topological polar surface area (TPSA) is 53.0 Å². The molecule has 2 saturated heterocycles. The molecule has 2 atom stereocenters. The summed E-state index contributed by atoms with van der Waals surface area (Å²) in [6.07, 6.45) is 2.72. The SMILES string of the molecule is CCC1(C(=O)O)CCCN(CC2CN(C)CCO2)C1. The smallest absolute Gasteiger partial charge is 0.310 e. The number of likely N-dealkylation sites (N-methyl/N-ethyl adjacent to an activating group) is 1. The summed E-state index contributed by atoms with van der Waals surface area (Å²) >= 11 is 0. The fraction of sp³-hybridized carbons (Fsp3) is 0.929. The minimum atomic E-state index is -0.638. The van der Waals surface area contributed by atoms with Crippen LogP contribution in [0, 0.1) is 5.41 Å². The normalized spacial score (nSPS) is 34.3. The third-order valence-electron chi connectivity index (χ3n) is 4.59. The molecule has 2 heterocycles. The predicted octanol–water partition coefficient (Wildman–Crippen LogP) is 0.894. The van der Waals surface area contributed by atoms with E-state index in [0.29, 0.717) is 13.0 Å². The third kappa shape index (κ3) is 3.46. The molecule has 2 fully saturated rings. The van der Waals surface area contributed by atoms with Crippen molar-refractivity contribution in [2.75, 3.05) is 46.4 Å². The molecule has 19 heavy (non-hydrogen) atoms. The van der Waals surface area contributed by atoms with Crippen molar-refractivity contribution in [1.82, 2.24) is 9.80 Å². The zero-order valence-corrected chi connectivity index (χ0v) is 12.1. The molecule has 0 aromatic rings. The monoisotopic (exact) mass is 270 g/mol. The van der Waals surface area contributed by atoms with Crippen LogP contribution in [0.25, 0.3) is 0 Å². The van der Waals surface area contributed by atoms with Gasteiger partial charge in [-0.3, -0.25) is 9.69 Å². The molecule has 0 aliphatic carbocycles. The van der Waals surface area contributed by atoms with Gasteiger partial charge < -0.3 is 14.7 Å². The minimum Gasteiger partial charge on any atom is -0.481 e. The van der Waals surface area contributed by atoms with Gasteiger partial charge in [0.2, 0.25) is 0 Å². The maximum Gasteiger partial charge on any atom is 0.310 e. The van der Waals surface area contributed by atoms with E-state index in [1.54, 1.807) is 0 Å². The van der Waals surface area contributed by atoms with Crippen LogP contribution in [-0.2, 0) is 9.53 Å². The first kappa shape index (κ1) is 14.8. The van der Waals surface area contributed by atoms with Crippen LogP contribution in [0.3, 0.4) is 0 Å². The standard InChI is InChI=1S/C14H26N2O3/c1-3-14(13(17)18)5-4-6-16(11-14)10-12-9-15(2)7-8-19-12/h12H,3-11H2,1-2H3,(H,17,18). The van der Waals surface area contributed by atoms with Gasteiger partial charge in [-0.05, 0) is 32.9 Å². The number of ether oxygens (including phenoxy) is 1. The van der Waals surface area contributed by atoms with Crippen molar-refractivity contribution in [3.63, 3.8) is 0 Å². The molecule has 2 rings (SSSR count). The van der Waals surface area contributed by atoms with Crippen LogP contribution < -0.4 is 0 Å². The molecule has 0 aromatic heterocycles. The number of morpholine rings is 1. The number of rotatable bonds is 4. The van der Waals surface area contributed by atoms with Crippen LogP contribution in [-0.4, -0.2) is 73.4 Å². The van der Waals surface area contributed by atoms with Gasteiger partial charge in [-0.1, -0.05) is 6.92 Å². The summed E-state index contributed by atoms with van der Waals surface area (Å²) in [7, 11) is 2.11. The molecule has 2 unspecified atom stereocenters. The molecule has 0 spiro atoms. The molecule has 0 amide bonds. The average Bonchev–Trinajstić information content (AvgIpc) is 2.38. The highest BCUT2D eigenvalue weighted by Crippen LogP contribution is 2.33. The van der Waals surface area contributed by atoms with Crippen LogP contribution >= 0.6 is 0 Å². The quantitative estimate of drug-likeness (QED) is 0.822. The van der Waals surface area contributed by atoms with E-state index in [-0.39, 0.29) is 6.10 Å². The van der Waals surface area contributed by atoms with Gasteiger partial charge in [-0.25, -0.2) is 0 Å². The van der Waals surface area contributed by atoms with E-state index in [4.69, 9.17) is 4.74 Å². The number of hydrogen-bond acceptors (Lipinski definition) is 4. The van der Waals surface area contributed by atoms with Crippen molar-refractivity contribution in [2.24, 2.45) is 5.41 Å². The maximum atomic E-state index is 11.5. The number of carboxylic acids is 1. The van der Waals surface area contributed by atoms with Crippen LogP contribution in [0.4, 0.5) is 0 Å². The van der Waals surface area contributed by atoms with Gasteiger partial charge in [-0.2, -0.15) is 0 Å². The van der Waals surface area contributed by atoms with Gasteiger partial charge in [0.1, 0.15) is 0 Å². The van der Waals surface area contributed by atoms with Crippen LogP contribution in [0.1, 0.15) is 26.2 Å². The number of hydrogen-bond donors (Lipinski definition) is 1. The lowest BCUT2D eigenvalue weighted by molar-refractivity contribution is -0.153. The first-order valence-corrected chi connectivity index (χ1v) is 7.31. The molecular formula is C14H26N2O3. The second-order valence-electron chi connectivity index (χ2n) is 6.03. The Morgan fingerprint density at radius 2 is 2.26 bits per heavy atom. The fourth-order valence-corrected chi connectivity index (χ4v) is 3.26. The van der Waals surface area contributed by atoms with Crippen molar-refractivity contribution in [3.8, 4) is 0 Å². The lowest BCUT2D eigenvalue weighted by Crippen LogP contribution is -2.52. The summed E-state index contributed by atoms with van der Waals surface area (Å²) in [5, 5.41) is 9.49. The largest absolute Gasteiger partial charge is 0.481 e. The Balaban J connectivity index is 1.92. The molecular weight excluding hydrogens is 244 g/mol. The number of carbonyl (C=O) groups is 1. The Morgan fingerprint density at radius 1 is 1.47 bits per heavy atom. The number of carboxylic acid groups (broad SMARTS) is 1. The summed E-state index contributed by atoms with van der Waals surface area (Å²) in [5.41, 5.74) is -0.543. The second kappa shape index (κ2) is 6.20. The maximum absolute atomic E-state index is 11.5. The van der Waals surface area contributed by atoms with Gasteiger partial charge in [0.05, 0.1) is 18.1 Å². The van der Waals surface area contributed by atoms with Gasteiger partial charge in [0.25, 0.3) is 0 Å². The van der Waals surface area contributed by atoms with Gasteiger partial charge in [0.15, 0.2) is 0 Å². The van der Waals surface area contributed by atoms with Gasteiger partial charge >= 0.3 is 5.97 Å². The van der Waals surface area contributed by atoms with Crippen molar-refractivity contribution in [2.45, 2.75) is 32.3 Å². The average molecular weight is 270 g/mol. The summed E-state index contributed by atoms with van der Waals surface area (Å²) in [6, 6.07) is 0. The number of likely N-dealkylation sites (tertiary alicyclic amines) is 1. The molecule has 0 bridgehead atoms. The molecule has 5 nitrogen and oxygen atoms in total. The van der Waals surface area contributed by atoms with E-state index in [1.807, 2.05) is 6.92 Å². The van der Waals surface area contributed by atoms with Crippen molar-refractivity contribution < 1.29 is 14.6 Å². The summed E-state index contributed by atoms with van der Waals surface area (Å²) in [6.45, 7) is 7.24. The van der Waals surface area contributed by atoms with Crippen molar-refractivity contribution in [3.05, 3.63) is 0 Å². The number of aliphatic carboxylic acids is 1. The van der Waals surface area contributed by atoms with E-state index in [2.05, 4.69) is 16.8 Å². The lowest BCUT2D eigenvalue weighted by atomic mass is 9.77. The number of nitrogens with zero attached hydrogens (tertiary/aromatic N) is 2. The van der Waals surface area contributed by atoms with Crippen molar-refractivity contribution in [1.29, 1.82) is 0 Å². The van der Waals surface area contributed by atoms with Crippen LogP contribution in [0.2, 0.25) is 0 Å². The zero-order valence-electron chi connectivity index (χ0n) is 12.1. The Hall–Kier alpha value is -0.650. The highest BCUT2D eigenvalue weighted by Gasteiger charge is 2.41. The van der Waals surface area contributed by atoms with E-state index in [1.165, 1.54) is 0 Å². The van der Waals surface area contributed by atoms with E-state index >= 15 is 0 Å². The fourth-order valence-electron chi connectivity index (χ4n) is 3.26. The highest BCUT2D eigenvalue weighted by atomic mass is 16.5. The second-order valence-corrected chi connectivity index (χ2v) is 6.03. The number of piperidine rings is 1. The van der Waals surface area contributed by atoms with Crippen molar-refractivity contribution >= 4 is 5.97 Å². The zero-order chi connectivity index (χ0) is 13.9. The Morgan fingerprint density at radius 3 is 2.89 bits per heavy atom. The first-order valence-electron chi connectivity index (χ1n) is 7.31. The van der Waals surface area contributed by atoms with Crippen LogP contribution in [0.15, 0.2) is 0 Å². The molecule has 0 saturated carbocycles. The van der Waals surface area contributed by atoms with E-state index in [0.717, 1.165) is 45.6 Å². The summed E-state index contributed by atoms with van der Waals surface area (Å²) in [4.78, 5) is 16.1. The third-order valence-corrected chi connectivity index (χ3v) is 4.59. The summed E-state index contributed by atoms with van der Waals surface area (Å²) < 4.78 is 5.78. The summed E-state index contributed by atoms with van der Waals surface area (Å²) in [5.74, 6) is -0.638. The Kier molecular flexibility index (Phi) is 4.81. The van der Waals surface area contributed by atoms with Crippen LogP contribution in [0.5, 0.6) is 0 Å². The molecule has 0 radical (unpaired) electrons. The first-order chi connectivity index (χ1) is 9.05. The molecule has 2 aliphatic rings. The molecule has 1 N–H and O–H groups in total. The lowest BCUT2D eigenvalue weighted by Gasteiger charge is -2.41. The van der Waals surface area contributed by atoms with E-state index < -0.39 is 11.4 Å². The Bertz CT molecular complexity index is 324. The molecule has 5 heteroatoms. The highest BCUT2D eigenvalue weighted by molar-refractivity contribution is 5.75. The van der Waals surface area contributed by atoms with E-state index in [9.17, 15) is 9.90 Å². The molecule has 110 valence electrons. The predicted molar refractivity (Wildman–Crippen MR) is 73.3 cm³/mol. The van der Waals surface area contributed by atoms with Gasteiger partial charge in [0, 0.05) is 26.2 Å². The van der Waals surface area contributed by atoms with Gasteiger partial charge in [-0.15, -0.1) is 0 Å².